The van der Waals surface area contributed by atoms with Gasteiger partial charge in [0.2, 0.25) is 6.33 Å². The van der Waals surface area contributed by atoms with Crippen molar-refractivity contribution in [1.82, 2.24) is 14.1 Å². The summed E-state index contributed by atoms with van der Waals surface area (Å²) in [4.78, 5) is 4.31. The van der Waals surface area contributed by atoms with Gasteiger partial charge in [0.25, 0.3) is 0 Å². The summed E-state index contributed by atoms with van der Waals surface area (Å²) in [5.41, 5.74) is 7.16. The Hall–Kier alpha value is -4.47. The molecule has 0 fully saturated rings. The summed E-state index contributed by atoms with van der Waals surface area (Å²) in [5.74, 6) is 0. The molecule has 0 atom stereocenters. The zero-order chi connectivity index (χ0) is 24.2. The van der Waals surface area contributed by atoms with Gasteiger partial charge in [-0.2, -0.15) is 15.1 Å². The minimum absolute atomic E-state index is 0. The number of hydrogen-bond acceptors (Lipinski definition) is 3. The van der Waals surface area contributed by atoms with E-state index in [4.69, 9.17) is 10.5 Å². The van der Waals surface area contributed by atoms with Crippen LogP contribution in [0, 0.1) is 22.7 Å². The van der Waals surface area contributed by atoms with E-state index in [1.54, 1.807) is 12.4 Å². The maximum atomic E-state index is 9.17. The van der Waals surface area contributed by atoms with Crippen LogP contribution >= 0.6 is 0 Å². The number of aryl methyl sites for hydroxylation is 1. The second-order valence-corrected chi connectivity index (χ2v) is 7.95. The van der Waals surface area contributed by atoms with Gasteiger partial charge in [0.05, 0.1) is 18.1 Å². The maximum Gasteiger partial charge on any atom is 0.249 e. The minimum atomic E-state index is 0. The second-order valence-electron chi connectivity index (χ2n) is 7.95. The molecule has 6 nitrogen and oxygen atoms in total. The van der Waals surface area contributed by atoms with E-state index in [0.29, 0.717) is 11.1 Å². The molecule has 0 saturated carbocycles. The van der Waals surface area contributed by atoms with Crippen molar-refractivity contribution in [3.8, 4) is 23.5 Å². The standard InChI is InChI=1S/C15H12N3.C14H9N3.HI/c1-17-11-18(13-7-3-2-4-8-13)14-9-5-6-12(10-16)15(14)17;15-9-11-5-4-8-13-14(11)16-10-17(13)12-6-2-1-3-7-12;/h2-9,11H,1H3;1-8,10H;1H/q+1;;/p-1. The van der Waals surface area contributed by atoms with E-state index in [9.17, 15) is 0 Å². The van der Waals surface area contributed by atoms with E-state index in [1.807, 2.05) is 101 Å². The van der Waals surface area contributed by atoms with Gasteiger partial charge in [-0.15, -0.1) is 0 Å². The molecule has 0 aliphatic carbocycles. The van der Waals surface area contributed by atoms with Gasteiger partial charge in [0.15, 0.2) is 11.0 Å². The van der Waals surface area contributed by atoms with Gasteiger partial charge in [-0.25, -0.2) is 9.55 Å². The predicted octanol–water partition coefficient (Wildman–Crippen LogP) is 2.23. The number of benzene rings is 4. The maximum absolute atomic E-state index is 9.17. The van der Waals surface area contributed by atoms with Crippen LogP contribution in [0.5, 0.6) is 0 Å². The summed E-state index contributed by atoms with van der Waals surface area (Å²) in [6, 6.07) is 35.9. The largest absolute Gasteiger partial charge is 1.00 e. The van der Waals surface area contributed by atoms with Crippen LogP contribution in [0.25, 0.3) is 33.4 Å². The molecule has 0 radical (unpaired) electrons. The molecule has 6 rings (SSSR count). The first-order valence-corrected chi connectivity index (χ1v) is 11.1. The number of nitrogens with zero attached hydrogens (tertiary/aromatic N) is 6. The highest BCUT2D eigenvalue weighted by molar-refractivity contribution is 5.83. The molecule has 0 amide bonds. The molecule has 0 unspecified atom stereocenters. The van der Waals surface area contributed by atoms with Crippen molar-refractivity contribution in [2.24, 2.45) is 7.05 Å². The van der Waals surface area contributed by atoms with Crippen LogP contribution in [-0.4, -0.2) is 14.1 Å². The minimum Gasteiger partial charge on any atom is -1.00 e. The van der Waals surface area contributed by atoms with Gasteiger partial charge >= 0.3 is 0 Å². The van der Waals surface area contributed by atoms with Crippen molar-refractivity contribution in [3.05, 3.63) is 121 Å². The first-order chi connectivity index (χ1) is 17.2. The summed E-state index contributed by atoms with van der Waals surface area (Å²) in [6.45, 7) is 0. The molecule has 2 heterocycles. The van der Waals surface area contributed by atoms with Crippen LogP contribution in [0.2, 0.25) is 0 Å². The van der Waals surface area contributed by atoms with Crippen molar-refractivity contribution < 1.29 is 28.5 Å². The molecule has 0 spiro atoms. The topological polar surface area (TPSA) is 74.2 Å². The zero-order valence-corrected chi connectivity index (χ0v) is 21.6. The fraction of sp³-hybridized carbons (Fsp3) is 0.0345. The fourth-order valence-electron chi connectivity index (χ4n) is 4.20. The molecule has 0 aliphatic heterocycles. The number of hydrogen-bond donors (Lipinski definition) is 0. The molecular formula is C29H21IN6. The Kier molecular flexibility index (Phi) is 7.43. The van der Waals surface area contributed by atoms with Crippen molar-refractivity contribution in [2.45, 2.75) is 0 Å². The molecule has 6 aromatic rings. The van der Waals surface area contributed by atoms with E-state index in [-0.39, 0.29) is 24.0 Å². The third kappa shape index (κ3) is 4.57. The van der Waals surface area contributed by atoms with E-state index < -0.39 is 0 Å². The number of aromatic nitrogens is 4. The van der Waals surface area contributed by atoms with Crippen molar-refractivity contribution in [1.29, 1.82) is 10.5 Å². The Bertz CT molecular complexity index is 1720. The molecule has 7 heteroatoms. The fourth-order valence-corrected chi connectivity index (χ4v) is 4.20. The van der Waals surface area contributed by atoms with Crippen molar-refractivity contribution in [2.75, 3.05) is 0 Å². The Morgan fingerprint density at radius 3 is 1.83 bits per heavy atom. The van der Waals surface area contributed by atoms with E-state index in [2.05, 4.69) is 33.8 Å². The molecular weight excluding hydrogens is 559 g/mol. The summed E-state index contributed by atoms with van der Waals surface area (Å²) in [5, 5.41) is 18.2. The van der Waals surface area contributed by atoms with E-state index in [1.165, 1.54) is 0 Å². The lowest BCUT2D eigenvalue weighted by atomic mass is 10.2. The first-order valence-electron chi connectivity index (χ1n) is 11.1. The second kappa shape index (κ2) is 10.9. The average Bonchev–Trinajstić information content (AvgIpc) is 3.51. The van der Waals surface area contributed by atoms with Crippen LogP contribution < -0.4 is 28.5 Å². The molecule has 0 aliphatic rings. The Morgan fingerprint density at radius 1 is 0.667 bits per heavy atom. The van der Waals surface area contributed by atoms with Gasteiger partial charge in [0.1, 0.15) is 35.2 Å². The molecule has 0 bridgehead atoms. The Balaban J connectivity index is 0.000000165. The molecule has 4 aromatic carbocycles. The van der Waals surface area contributed by atoms with Gasteiger partial charge in [-0.3, -0.25) is 4.57 Å². The van der Waals surface area contributed by atoms with Gasteiger partial charge in [-0.05, 0) is 48.5 Å². The summed E-state index contributed by atoms with van der Waals surface area (Å²) in [7, 11) is 1.96. The van der Waals surface area contributed by atoms with Crippen LogP contribution in [0.3, 0.4) is 0 Å². The third-order valence-electron chi connectivity index (χ3n) is 5.80. The van der Waals surface area contributed by atoms with Gasteiger partial charge < -0.3 is 24.0 Å². The molecule has 174 valence electrons. The van der Waals surface area contributed by atoms with Crippen molar-refractivity contribution in [3.63, 3.8) is 0 Å². The monoisotopic (exact) mass is 580 g/mol. The lowest BCUT2D eigenvalue weighted by Crippen LogP contribution is -3.00. The molecule has 2 aromatic heterocycles. The number of fused-ring (bicyclic) bond motifs is 2. The summed E-state index contributed by atoms with van der Waals surface area (Å²) < 4.78 is 6.06. The average molecular weight is 580 g/mol. The van der Waals surface area contributed by atoms with Crippen LogP contribution in [0.4, 0.5) is 0 Å². The normalized spacial score (nSPS) is 10.1. The smallest absolute Gasteiger partial charge is 0.249 e. The highest BCUT2D eigenvalue weighted by Gasteiger charge is 2.17. The highest BCUT2D eigenvalue weighted by atomic mass is 127. The Labute approximate surface area is 225 Å². The molecule has 0 saturated heterocycles. The quantitative estimate of drug-likeness (QED) is 0.233. The number of rotatable bonds is 2. The molecule has 0 N–H and O–H groups in total. The van der Waals surface area contributed by atoms with Crippen LogP contribution in [0.1, 0.15) is 11.1 Å². The van der Waals surface area contributed by atoms with E-state index >= 15 is 0 Å². The lowest BCUT2D eigenvalue weighted by Gasteiger charge is -2.03. The van der Waals surface area contributed by atoms with E-state index in [0.717, 1.165) is 33.4 Å². The highest BCUT2D eigenvalue weighted by Crippen LogP contribution is 2.21. The number of halogens is 1. The summed E-state index contributed by atoms with van der Waals surface area (Å²) in [6.07, 6.45) is 3.75. The lowest BCUT2D eigenvalue weighted by molar-refractivity contribution is -0.645. The number of imidazole rings is 2. The number of para-hydroxylation sites is 4. The predicted molar refractivity (Wildman–Crippen MR) is 135 cm³/mol. The number of nitriles is 2. The molecule has 36 heavy (non-hydrogen) atoms. The van der Waals surface area contributed by atoms with Crippen LogP contribution in [0.15, 0.2) is 110 Å². The van der Waals surface area contributed by atoms with Gasteiger partial charge in [0, 0.05) is 5.69 Å². The van der Waals surface area contributed by atoms with Crippen LogP contribution in [-0.2, 0) is 7.05 Å². The SMILES string of the molecule is C[n+]1cn(-c2ccccc2)c2cccc(C#N)c21.N#Cc1cccc2c1ncn2-c1ccccc1.[I-]. The zero-order valence-electron chi connectivity index (χ0n) is 19.5. The Morgan fingerprint density at radius 2 is 1.22 bits per heavy atom. The van der Waals surface area contributed by atoms with Gasteiger partial charge in [-0.1, -0.05) is 48.5 Å². The third-order valence-corrected chi connectivity index (χ3v) is 5.80. The first kappa shape index (κ1) is 24.6. The van der Waals surface area contributed by atoms with Crippen molar-refractivity contribution >= 4 is 22.1 Å². The summed E-state index contributed by atoms with van der Waals surface area (Å²) >= 11 is 0.